The Balaban J connectivity index is 1.89. The van der Waals surface area contributed by atoms with Gasteiger partial charge in [0.25, 0.3) is 5.56 Å². The number of halogens is 1. The van der Waals surface area contributed by atoms with Crippen molar-refractivity contribution in [3.63, 3.8) is 0 Å². The quantitative estimate of drug-likeness (QED) is 0.776. The largest absolute Gasteiger partial charge is 0.306 e. The smallest absolute Gasteiger partial charge is 0.265 e. The molecule has 1 N–H and O–H groups in total. The van der Waals surface area contributed by atoms with Gasteiger partial charge in [-0.25, -0.2) is 4.98 Å². The Kier molecular flexibility index (Phi) is 2.85. The summed E-state index contributed by atoms with van der Waals surface area (Å²) in [7, 11) is 0. The molecule has 1 aliphatic rings. The van der Waals surface area contributed by atoms with Crippen LogP contribution in [0.5, 0.6) is 0 Å². The van der Waals surface area contributed by atoms with Crippen LogP contribution >= 0.6 is 15.9 Å². The Labute approximate surface area is 128 Å². The van der Waals surface area contributed by atoms with Gasteiger partial charge < -0.3 is 4.98 Å². The summed E-state index contributed by atoms with van der Waals surface area (Å²) in [6, 6.07) is 5.68. The highest BCUT2D eigenvalue weighted by Crippen LogP contribution is 2.41. The minimum absolute atomic E-state index is 0.138. The first-order valence-corrected chi connectivity index (χ1v) is 7.52. The summed E-state index contributed by atoms with van der Waals surface area (Å²) in [5, 5.41) is 0. The molecule has 0 spiro atoms. The lowest BCUT2D eigenvalue weighted by atomic mass is 10.1. The van der Waals surface area contributed by atoms with Gasteiger partial charge in [-0.1, -0.05) is 0 Å². The molecule has 1 fully saturated rings. The predicted molar refractivity (Wildman–Crippen MR) is 83.1 cm³/mol. The van der Waals surface area contributed by atoms with E-state index in [4.69, 9.17) is 0 Å². The maximum Gasteiger partial charge on any atom is 0.265 e. The van der Waals surface area contributed by atoms with Crippen molar-refractivity contribution in [2.24, 2.45) is 0 Å². The number of hydrogen-bond acceptors (Lipinski definition) is 4. The molecule has 0 aliphatic heterocycles. The van der Waals surface area contributed by atoms with Crippen LogP contribution in [0.15, 0.2) is 39.9 Å². The summed E-state index contributed by atoms with van der Waals surface area (Å²) >= 11 is 3.34. The number of aromatic nitrogens is 4. The van der Waals surface area contributed by atoms with E-state index < -0.39 is 0 Å². The first kappa shape index (κ1) is 12.6. The minimum Gasteiger partial charge on any atom is -0.306 e. The summed E-state index contributed by atoms with van der Waals surface area (Å²) in [6.07, 6.45) is 5.50. The number of aromatic amines is 1. The van der Waals surface area contributed by atoms with E-state index in [1.54, 1.807) is 12.4 Å². The van der Waals surface area contributed by atoms with E-state index >= 15 is 0 Å². The Morgan fingerprint density at radius 2 is 1.90 bits per heavy atom. The molecule has 5 nitrogen and oxygen atoms in total. The molecule has 0 unspecified atom stereocenters. The van der Waals surface area contributed by atoms with Gasteiger partial charge in [-0.05, 0) is 47.0 Å². The van der Waals surface area contributed by atoms with Crippen molar-refractivity contribution in [3.8, 4) is 11.4 Å². The summed E-state index contributed by atoms with van der Waals surface area (Å²) in [5.41, 5.74) is 3.17. The van der Waals surface area contributed by atoms with Gasteiger partial charge in [0.1, 0.15) is 10.3 Å². The minimum atomic E-state index is -0.138. The van der Waals surface area contributed by atoms with Crippen molar-refractivity contribution < 1.29 is 0 Å². The molecule has 0 bridgehead atoms. The maximum atomic E-state index is 12.1. The van der Waals surface area contributed by atoms with Gasteiger partial charge in [-0.2, -0.15) is 0 Å². The van der Waals surface area contributed by atoms with Crippen LogP contribution in [-0.2, 0) is 0 Å². The normalized spacial score (nSPS) is 14.5. The average Bonchev–Trinajstić information content (AvgIpc) is 3.34. The Bertz CT molecular complexity index is 902. The number of rotatable bonds is 2. The molecule has 0 saturated heterocycles. The second kappa shape index (κ2) is 4.73. The van der Waals surface area contributed by atoms with Crippen molar-refractivity contribution in [2.75, 3.05) is 0 Å². The van der Waals surface area contributed by atoms with Crippen molar-refractivity contribution in [3.05, 3.63) is 51.1 Å². The SMILES string of the molecule is O=c1[nH]c(-c2ccc3nccnc3c2)nc(C2CC2)c1Br. The number of nitrogens with one attached hydrogen (secondary N) is 1. The van der Waals surface area contributed by atoms with E-state index in [1.165, 1.54) is 0 Å². The molecule has 2 heterocycles. The number of H-pyrrole nitrogens is 1. The summed E-state index contributed by atoms with van der Waals surface area (Å²) in [6.45, 7) is 0. The molecular weight excluding hydrogens is 332 g/mol. The molecule has 0 amide bonds. The molecule has 0 radical (unpaired) electrons. The molecule has 6 heteroatoms. The molecule has 0 atom stereocenters. The Hall–Kier alpha value is -2.08. The van der Waals surface area contributed by atoms with Crippen LogP contribution in [0.1, 0.15) is 24.5 Å². The number of hydrogen-bond donors (Lipinski definition) is 1. The first-order chi connectivity index (χ1) is 10.2. The molecule has 1 saturated carbocycles. The molecule has 4 rings (SSSR count). The highest BCUT2D eigenvalue weighted by atomic mass is 79.9. The summed E-state index contributed by atoms with van der Waals surface area (Å²) in [5.74, 6) is 0.985. The third-order valence-electron chi connectivity index (χ3n) is 3.60. The molecule has 1 aromatic carbocycles. The second-order valence-corrected chi connectivity index (χ2v) is 5.94. The second-order valence-electron chi connectivity index (χ2n) is 5.15. The van der Waals surface area contributed by atoms with Gasteiger partial charge in [0.15, 0.2) is 0 Å². The van der Waals surface area contributed by atoms with E-state index in [0.717, 1.165) is 35.1 Å². The van der Waals surface area contributed by atoms with E-state index in [-0.39, 0.29) is 5.56 Å². The standard InChI is InChI=1S/C15H11BrN4O/c16-12-13(8-1-2-8)19-14(20-15(12)21)9-3-4-10-11(7-9)18-6-5-17-10/h3-8H,1-2H2,(H,19,20,21). The highest BCUT2D eigenvalue weighted by molar-refractivity contribution is 9.10. The molecule has 104 valence electrons. The first-order valence-electron chi connectivity index (χ1n) is 6.73. The Morgan fingerprint density at radius 3 is 2.67 bits per heavy atom. The highest BCUT2D eigenvalue weighted by Gasteiger charge is 2.29. The van der Waals surface area contributed by atoms with Crippen LogP contribution in [0.25, 0.3) is 22.4 Å². The lowest BCUT2D eigenvalue weighted by Gasteiger charge is -2.06. The monoisotopic (exact) mass is 342 g/mol. The van der Waals surface area contributed by atoms with Crippen LogP contribution in [0.3, 0.4) is 0 Å². The zero-order valence-electron chi connectivity index (χ0n) is 11.0. The predicted octanol–water partition coefficient (Wildman–Crippen LogP) is 3.02. The van der Waals surface area contributed by atoms with E-state index in [1.807, 2.05) is 18.2 Å². The fraction of sp³-hybridized carbons (Fsp3) is 0.200. The fourth-order valence-electron chi connectivity index (χ4n) is 2.35. The van der Waals surface area contributed by atoms with Gasteiger partial charge in [0, 0.05) is 23.9 Å². The van der Waals surface area contributed by atoms with Gasteiger partial charge in [0.05, 0.1) is 16.7 Å². The molecule has 21 heavy (non-hydrogen) atoms. The van der Waals surface area contributed by atoms with E-state index in [2.05, 4.69) is 35.9 Å². The molecule has 1 aliphatic carbocycles. The van der Waals surface area contributed by atoms with Gasteiger partial charge in [-0.3, -0.25) is 14.8 Å². The third-order valence-corrected chi connectivity index (χ3v) is 4.36. The van der Waals surface area contributed by atoms with Gasteiger partial charge >= 0.3 is 0 Å². The van der Waals surface area contributed by atoms with E-state index in [9.17, 15) is 4.79 Å². The number of benzene rings is 1. The van der Waals surface area contributed by atoms with Crippen molar-refractivity contribution >= 4 is 27.0 Å². The summed E-state index contributed by atoms with van der Waals surface area (Å²) < 4.78 is 0.550. The zero-order valence-corrected chi connectivity index (χ0v) is 12.6. The van der Waals surface area contributed by atoms with E-state index in [0.29, 0.717) is 16.2 Å². The van der Waals surface area contributed by atoms with Crippen LogP contribution in [0.2, 0.25) is 0 Å². The topological polar surface area (TPSA) is 71.5 Å². The van der Waals surface area contributed by atoms with Crippen molar-refractivity contribution in [1.29, 1.82) is 0 Å². The zero-order chi connectivity index (χ0) is 14.4. The number of fused-ring (bicyclic) bond motifs is 1. The Morgan fingerprint density at radius 1 is 1.14 bits per heavy atom. The van der Waals surface area contributed by atoms with Crippen molar-refractivity contribution in [2.45, 2.75) is 18.8 Å². The average molecular weight is 343 g/mol. The lowest BCUT2D eigenvalue weighted by Crippen LogP contribution is -2.13. The molecule has 2 aromatic heterocycles. The van der Waals surface area contributed by atoms with Crippen LogP contribution < -0.4 is 5.56 Å². The molecule has 3 aromatic rings. The lowest BCUT2D eigenvalue weighted by molar-refractivity contribution is 0.960. The van der Waals surface area contributed by atoms with Crippen LogP contribution in [0.4, 0.5) is 0 Å². The fourth-order valence-corrected chi connectivity index (χ4v) is 2.86. The van der Waals surface area contributed by atoms with Crippen LogP contribution in [-0.4, -0.2) is 19.9 Å². The third kappa shape index (κ3) is 2.25. The van der Waals surface area contributed by atoms with Gasteiger partial charge in [0.2, 0.25) is 0 Å². The number of nitrogens with zero attached hydrogens (tertiary/aromatic N) is 3. The van der Waals surface area contributed by atoms with Crippen molar-refractivity contribution in [1.82, 2.24) is 19.9 Å². The van der Waals surface area contributed by atoms with Crippen LogP contribution in [0, 0.1) is 0 Å². The maximum absolute atomic E-state index is 12.1. The summed E-state index contributed by atoms with van der Waals surface area (Å²) in [4.78, 5) is 28.0. The molecular formula is C15H11BrN4O. The van der Waals surface area contributed by atoms with Gasteiger partial charge in [-0.15, -0.1) is 0 Å².